The van der Waals surface area contributed by atoms with Crippen molar-refractivity contribution in [2.45, 2.75) is 33.2 Å². The molecule has 0 radical (unpaired) electrons. The Bertz CT molecular complexity index is 1080. The highest BCUT2D eigenvalue weighted by atomic mass is 16.5. The van der Waals surface area contributed by atoms with Crippen molar-refractivity contribution in [1.29, 1.82) is 0 Å². The highest BCUT2D eigenvalue weighted by molar-refractivity contribution is 5.79. The second-order valence-electron chi connectivity index (χ2n) is 7.52. The number of nitrogens with one attached hydrogen (secondary N) is 2. The zero-order valence-corrected chi connectivity index (χ0v) is 17.6. The summed E-state index contributed by atoms with van der Waals surface area (Å²) in [6.07, 6.45) is 3.51. The predicted molar refractivity (Wildman–Crippen MR) is 115 cm³/mol. The van der Waals surface area contributed by atoms with Crippen molar-refractivity contribution in [3.8, 4) is 17.1 Å². The molecule has 0 unspecified atom stereocenters. The summed E-state index contributed by atoms with van der Waals surface area (Å²) in [6, 6.07) is 10.3. The summed E-state index contributed by atoms with van der Waals surface area (Å²) in [5, 5.41) is 3.04. The van der Waals surface area contributed by atoms with Crippen molar-refractivity contribution in [3.05, 3.63) is 76.0 Å². The molecule has 2 aromatic heterocycles. The molecule has 0 saturated heterocycles. The first-order valence-electron chi connectivity index (χ1n) is 9.82. The highest BCUT2D eigenvalue weighted by Gasteiger charge is 2.21. The highest BCUT2D eigenvalue weighted by Crippen LogP contribution is 2.22. The molecular weight excluding hydrogens is 380 g/mol. The Kier molecular flexibility index (Phi) is 6.61. The van der Waals surface area contributed by atoms with Gasteiger partial charge in [-0.25, -0.2) is 4.98 Å². The van der Waals surface area contributed by atoms with Gasteiger partial charge in [-0.1, -0.05) is 26.0 Å². The number of pyridine rings is 1. The van der Waals surface area contributed by atoms with Gasteiger partial charge in [-0.05, 0) is 42.2 Å². The fourth-order valence-corrected chi connectivity index (χ4v) is 3.32. The van der Waals surface area contributed by atoms with Gasteiger partial charge in [0.2, 0.25) is 5.91 Å². The number of nitrogens with zero attached hydrogens (tertiary/aromatic N) is 2. The van der Waals surface area contributed by atoms with Crippen molar-refractivity contribution < 1.29 is 9.53 Å². The minimum absolute atomic E-state index is 0.0474. The van der Waals surface area contributed by atoms with E-state index in [4.69, 9.17) is 4.74 Å². The van der Waals surface area contributed by atoms with Crippen molar-refractivity contribution >= 4 is 5.91 Å². The summed E-state index contributed by atoms with van der Waals surface area (Å²) in [6.45, 7) is 5.91. The van der Waals surface area contributed by atoms with Crippen molar-refractivity contribution in [2.75, 3.05) is 7.11 Å². The number of amides is 1. The number of aromatic amines is 1. The van der Waals surface area contributed by atoms with Crippen LogP contribution < -0.4 is 15.6 Å². The fraction of sp³-hybridized carbons (Fsp3) is 0.304. The molecule has 156 valence electrons. The summed E-state index contributed by atoms with van der Waals surface area (Å²) in [5.41, 5.74) is 2.88. The zero-order chi connectivity index (χ0) is 21.7. The number of methoxy groups -OCH3 is 1. The van der Waals surface area contributed by atoms with E-state index in [2.05, 4.69) is 20.3 Å². The molecular formula is C23H26N4O3. The van der Waals surface area contributed by atoms with Crippen LogP contribution in [0.3, 0.4) is 0 Å². The third kappa shape index (κ3) is 5.11. The maximum atomic E-state index is 12.7. The van der Waals surface area contributed by atoms with E-state index >= 15 is 0 Å². The first-order chi connectivity index (χ1) is 14.4. The molecule has 0 bridgehead atoms. The van der Waals surface area contributed by atoms with Gasteiger partial charge in [0.15, 0.2) is 0 Å². The van der Waals surface area contributed by atoms with E-state index in [9.17, 15) is 9.59 Å². The number of hydrogen-bond donors (Lipinski definition) is 2. The number of carbonyl (C=O) groups excluding carboxylic acids is 1. The fourth-order valence-electron chi connectivity index (χ4n) is 3.32. The van der Waals surface area contributed by atoms with E-state index in [1.54, 1.807) is 31.6 Å². The Balaban J connectivity index is 1.82. The number of benzene rings is 1. The second-order valence-corrected chi connectivity index (χ2v) is 7.52. The average molecular weight is 406 g/mol. The molecule has 30 heavy (non-hydrogen) atoms. The van der Waals surface area contributed by atoms with Crippen LogP contribution in [0.1, 0.15) is 36.7 Å². The maximum absolute atomic E-state index is 12.7. The van der Waals surface area contributed by atoms with Crippen LogP contribution in [0, 0.1) is 12.8 Å². The van der Waals surface area contributed by atoms with E-state index in [1.165, 1.54) is 6.07 Å². The van der Waals surface area contributed by atoms with Crippen LogP contribution in [-0.2, 0) is 11.2 Å². The molecule has 7 nitrogen and oxygen atoms in total. The van der Waals surface area contributed by atoms with Crippen molar-refractivity contribution in [2.24, 2.45) is 5.92 Å². The van der Waals surface area contributed by atoms with Crippen LogP contribution in [0.5, 0.6) is 5.75 Å². The van der Waals surface area contributed by atoms with E-state index in [1.807, 2.05) is 39.0 Å². The van der Waals surface area contributed by atoms with Gasteiger partial charge in [-0.15, -0.1) is 0 Å². The van der Waals surface area contributed by atoms with Gasteiger partial charge < -0.3 is 15.0 Å². The Morgan fingerprint density at radius 3 is 2.53 bits per heavy atom. The molecule has 0 aliphatic rings. The normalized spacial score (nSPS) is 11.9. The lowest BCUT2D eigenvalue weighted by Crippen LogP contribution is -2.34. The average Bonchev–Trinajstić information content (AvgIpc) is 2.72. The number of hydrogen-bond acceptors (Lipinski definition) is 5. The van der Waals surface area contributed by atoms with Gasteiger partial charge in [-0.2, -0.15) is 0 Å². The molecule has 1 aromatic carbocycles. The Morgan fingerprint density at radius 1 is 1.17 bits per heavy atom. The molecule has 7 heteroatoms. The molecule has 2 heterocycles. The van der Waals surface area contributed by atoms with Gasteiger partial charge in [0.05, 0.1) is 25.3 Å². The summed E-state index contributed by atoms with van der Waals surface area (Å²) in [7, 11) is 1.62. The van der Waals surface area contributed by atoms with Crippen molar-refractivity contribution in [3.63, 3.8) is 0 Å². The van der Waals surface area contributed by atoms with Crippen LogP contribution >= 0.6 is 0 Å². The van der Waals surface area contributed by atoms with Crippen molar-refractivity contribution in [1.82, 2.24) is 20.3 Å². The van der Waals surface area contributed by atoms with Crippen LogP contribution in [0.15, 0.2) is 53.6 Å². The molecule has 0 fully saturated rings. The Hall–Kier alpha value is -3.48. The SMILES string of the molecule is COc1ccc(CC(=O)N[C@H](c2cc(=O)[nH]c(-c3ccncc3)n2)C(C)C)cc1C. The van der Waals surface area contributed by atoms with Crippen LogP contribution in [-0.4, -0.2) is 28.0 Å². The first kappa shape index (κ1) is 21.2. The summed E-state index contributed by atoms with van der Waals surface area (Å²) in [4.78, 5) is 36.3. The smallest absolute Gasteiger partial charge is 0.251 e. The van der Waals surface area contributed by atoms with Gasteiger partial charge in [-0.3, -0.25) is 14.6 Å². The zero-order valence-electron chi connectivity index (χ0n) is 17.6. The van der Waals surface area contributed by atoms with Gasteiger partial charge in [0.25, 0.3) is 5.56 Å². The lowest BCUT2D eigenvalue weighted by molar-refractivity contribution is -0.121. The van der Waals surface area contributed by atoms with Crippen LogP contribution in [0.2, 0.25) is 0 Å². The number of carbonyl (C=O) groups is 1. The predicted octanol–water partition coefficient (Wildman–Crippen LogP) is 3.20. The molecule has 1 atom stereocenters. The van der Waals surface area contributed by atoms with Gasteiger partial charge in [0.1, 0.15) is 11.6 Å². The summed E-state index contributed by atoms with van der Waals surface area (Å²) in [5.74, 6) is 1.15. The molecule has 1 amide bonds. The second kappa shape index (κ2) is 9.35. The summed E-state index contributed by atoms with van der Waals surface area (Å²) >= 11 is 0. The third-order valence-electron chi connectivity index (χ3n) is 4.84. The number of rotatable bonds is 7. The molecule has 0 aliphatic carbocycles. The maximum Gasteiger partial charge on any atom is 0.251 e. The standard InChI is InChI=1S/C23H26N4O3/c1-14(2)22(26-20(28)12-16-5-6-19(30-4)15(3)11-16)18-13-21(29)27-23(25-18)17-7-9-24-10-8-17/h5-11,13-14,22H,12H2,1-4H3,(H,26,28)(H,25,27,29)/t22-/m0/s1. The number of aryl methyl sites for hydroxylation is 1. The largest absolute Gasteiger partial charge is 0.496 e. The third-order valence-corrected chi connectivity index (χ3v) is 4.84. The van der Waals surface area contributed by atoms with E-state index in [-0.39, 0.29) is 29.8 Å². The Labute approximate surface area is 175 Å². The number of ether oxygens (including phenoxy) is 1. The first-order valence-corrected chi connectivity index (χ1v) is 9.82. The number of H-pyrrole nitrogens is 1. The van der Waals surface area contributed by atoms with E-state index in [0.717, 1.165) is 22.4 Å². The molecule has 2 N–H and O–H groups in total. The van der Waals surface area contributed by atoms with Gasteiger partial charge in [0, 0.05) is 24.0 Å². The Morgan fingerprint density at radius 2 is 1.90 bits per heavy atom. The van der Waals surface area contributed by atoms with E-state index < -0.39 is 0 Å². The van der Waals surface area contributed by atoms with Gasteiger partial charge >= 0.3 is 0 Å². The van der Waals surface area contributed by atoms with E-state index in [0.29, 0.717) is 11.5 Å². The monoisotopic (exact) mass is 406 g/mol. The van der Waals surface area contributed by atoms with Crippen LogP contribution in [0.4, 0.5) is 0 Å². The molecule has 0 saturated carbocycles. The lowest BCUT2D eigenvalue weighted by atomic mass is 9.99. The quantitative estimate of drug-likeness (QED) is 0.628. The lowest BCUT2D eigenvalue weighted by Gasteiger charge is -2.22. The minimum atomic E-state index is -0.389. The summed E-state index contributed by atoms with van der Waals surface area (Å²) < 4.78 is 5.27. The van der Waals surface area contributed by atoms with Crippen LogP contribution in [0.25, 0.3) is 11.4 Å². The minimum Gasteiger partial charge on any atom is -0.496 e. The molecule has 0 aliphatic heterocycles. The molecule has 3 rings (SSSR count). The molecule has 0 spiro atoms. The topological polar surface area (TPSA) is 97.0 Å². The molecule has 3 aromatic rings. The number of aromatic nitrogens is 3.